The summed E-state index contributed by atoms with van der Waals surface area (Å²) < 4.78 is 5.19. The zero-order valence-electron chi connectivity index (χ0n) is 16.0. The summed E-state index contributed by atoms with van der Waals surface area (Å²) in [6, 6.07) is 10.0. The van der Waals surface area contributed by atoms with E-state index < -0.39 is 0 Å². The van der Waals surface area contributed by atoms with Gasteiger partial charge < -0.3 is 15.0 Å². The maximum atomic E-state index is 5.19. The first-order valence-corrected chi connectivity index (χ1v) is 9.52. The second kappa shape index (κ2) is 8.75. The van der Waals surface area contributed by atoms with E-state index in [-0.39, 0.29) is 0 Å². The molecule has 7 nitrogen and oxygen atoms in total. The Balaban J connectivity index is 1.33. The summed E-state index contributed by atoms with van der Waals surface area (Å²) >= 11 is 0. The minimum Gasteiger partial charge on any atom is -0.497 e. The van der Waals surface area contributed by atoms with Crippen molar-refractivity contribution < 1.29 is 4.74 Å². The molecule has 0 amide bonds. The van der Waals surface area contributed by atoms with Crippen molar-refractivity contribution in [3.05, 3.63) is 60.7 Å². The van der Waals surface area contributed by atoms with Crippen molar-refractivity contribution in [3.8, 4) is 17.1 Å². The molecule has 28 heavy (non-hydrogen) atoms. The van der Waals surface area contributed by atoms with Crippen molar-refractivity contribution >= 4 is 5.95 Å². The van der Waals surface area contributed by atoms with Gasteiger partial charge in [-0.05, 0) is 43.2 Å². The van der Waals surface area contributed by atoms with Gasteiger partial charge in [0.2, 0.25) is 5.95 Å². The zero-order valence-corrected chi connectivity index (χ0v) is 16.0. The molecule has 0 bridgehead atoms. The molecule has 1 aliphatic rings. The molecule has 1 N–H and O–H groups in total. The second-order valence-electron chi connectivity index (χ2n) is 6.86. The van der Waals surface area contributed by atoms with Gasteiger partial charge in [0.1, 0.15) is 5.75 Å². The minimum atomic E-state index is 0.402. The highest BCUT2D eigenvalue weighted by molar-refractivity contribution is 5.55. The van der Waals surface area contributed by atoms with Crippen LogP contribution in [0.3, 0.4) is 0 Å². The van der Waals surface area contributed by atoms with Crippen molar-refractivity contribution in [3.63, 3.8) is 0 Å². The Morgan fingerprint density at radius 2 is 1.82 bits per heavy atom. The number of aromatic nitrogens is 4. The van der Waals surface area contributed by atoms with E-state index in [1.54, 1.807) is 19.5 Å². The first-order valence-electron chi connectivity index (χ1n) is 9.52. The lowest BCUT2D eigenvalue weighted by Crippen LogP contribution is -2.46. The van der Waals surface area contributed by atoms with E-state index in [2.05, 4.69) is 30.2 Å². The predicted octanol–water partition coefficient (Wildman–Crippen LogP) is 2.70. The van der Waals surface area contributed by atoms with E-state index in [0.29, 0.717) is 6.04 Å². The largest absolute Gasteiger partial charge is 0.497 e. The predicted molar refractivity (Wildman–Crippen MR) is 108 cm³/mol. The van der Waals surface area contributed by atoms with Crippen LogP contribution in [0.5, 0.6) is 5.75 Å². The number of methoxy groups -OCH3 is 1. The average molecular weight is 376 g/mol. The summed E-state index contributed by atoms with van der Waals surface area (Å²) in [6.07, 6.45) is 9.64. The van der Waals surface area contributed by atoms with Gasteiger partial charge >= 0.3 is 0 Å². The molecule has 4 rings (SSSR count). The summed E-state index contributed by atoms with van der Waals surface area (Å²) in [5.41, 5.74) is 2.05. The van der Waals surface area contributed by atoms with E-state index in [1.807, 2.05) is 42.7 Å². The van der Waals surface area contributed by atoms with Crippen LogP contribution in [0.15, 0.2) is 55.1 Å². The molecule has 0 aliphatic carbocycles. The summed E-state index contributed by atoms with van der Waals surface area (Å²) in [5, 5.41) is 3.62. The molecule has 3 heterocycles. The lowest BCUT2D eigenvalue weighted by atomic mass is 10.1. The van der Waals surface area contributed by atoms with Crippen LogP contribution in [0.4, 0.5) is 5.95 Å². The molecule has 1 aromatic carbocycles. The molecule has 0 saturated carbocycles. The average Bonchev–Trinajstić information content (AvgIpc) is 2.79. The van der Waals surface area contributed by atoms with E-state index in [4.69, 9.17) is 4.74 Å². The van der Waals surface area contributed by atoms with Crippen LogP contribution in [0.1, 0.15) is 18.4 Å². The van der Waals surface area contributed by atoms with Gasteiger partial charge in [0.25, 0.3) is 0 Å². The first kappa shape index (κ1) is 18.3. The monoisotopic (exact) mass is 376 g/mol. The Labute approximate surface area is 164 Å². The van der Waals surface area contributed by atoms with Crippen LogP contribution < -0.4 is 15.0 Å². The highest BCUT2D eigenvalue weighted by atomic mass is 16.5. The Hall–Kier alpha value is -3.06. The molecule has 3 aromatic rings. The number of benzene rings is 1. The SMILES string of the molecule is COc1ccc(-c2ncc(CNC3CCCN(c4ncccn4)C3)cn2)cc1. The Morgan fingerprint density at radius 3 is 2.54 bits per heavy atom. The fourth-order valence-corrected chi connectivity index (χ4v) is 3.38. The molecule has 7 heteroatoms. The third-order valence-corrected chi connectivity index (χ3v) is 4.90. The third kappa shape index (κ3) is 4.43. The van der Waals surface area contributed by atoms with E-state index in [1.165, 1.54) is 0 Å². The number of nitrogens with one attached hydrogen (secondary N) is 1. The van der Waals surface area contributed by atoms with Gasteiger partial charge in [-0.15, -0.1) is 0 Å². The number of hydrogen-bond donors (Lipinski definition) is 1. The summed E-state index contributed by atoms with van der Waals surface area (Å²) in [5.74, 6) is 2.35. The normalized spacial score (nSPS) is 16.8. The highest BCUT2D eigenvalue weighted by Gasteiger charge is 2.21. The number of piperidine rings is 1. The fourth-order valence-electron chi connectivity index (χ4n) is 3.38. The van der Waals surface area contributed by atoms with E-state index in [9.17, 15) is 0 Å². The van der Waals surface area contributed by atoms with Crippen LogP contribution in [0, 0.1) is 0 Å². The number of anilines is 1. The van der Waals surface area contributed by atoms with Crippen molar-refractivity contribution in [2.75, 3.05) is 25.1 Å². The van der Waals surface area contributed by atoms with Crippen molar-refractivity contribution in [2.45, 2.75) is 25.4 Å². The Morgan fingerprint density at radius 1 is 1.07 bits per heavy atom. The summed E-state index contributed by atoms with van der Waals surface area (Å²) in [6.45, 7) is 2.66. The molecule has 1 fully saturated rings. The van der Waals surface area contributed by atoms with Gasteiger partial charge in [0.15, 0.2) is 5.82 Å². The minimum absolute atomic E-state index is 0.402. The summed E-state index contributed by atoms with van der Waals surface area (Å²) in [7, 11) is 1.66. The van der Waals surface area contributed by atoms with E-state index >= 15 is 0 Å². The third-order valence-electron chi connectivity index (χ3n) is 4.90. The molecular formula is C21H24N6O. The quantitative estimate of drug-likeness (QED) is 0.709. The Bertz CT molecular complexity index is 870. The smallest absolute Gasteiger partial charge is 0.225 e. The molecule has 144 valence electrons. The van der Waals surface area contributed by atoms with Crippen molar-refractivity contribution in [1.82, 2.24) is 25.3 Å². The van der Waals surface area contributed by atoms with Crippen molar-refractivity contribution in [2.24, 2.45) is 0 Å². The van der Waals surface area contributed by atoms with Crippen LogP contribution in [-0.2, 0) is 6.54 Å². The van der Waals surface area contributed by atoms with Gasteiger partial charge in [-0.25, -0.2) is 19.9 Å². The maximum Gasteiger partial charge on any atom is 0.225 e. The van der Waals surface area contributed by atoms with Gasteiger partial charge in [-0.3, -0.25) is 0 Å². The molecule has 1 aliphatic heterocycles. The molecule has 2 aromatic heterocycles. The molecule has 0 spiro atoms. The molecule has 1 unspecified atom stereocenters. The molecule has 1 atom stereocenters. The van der Waals surface area contributed by atoms with Gasteiger partial charge in [-0.1, -0.05) is 0 Å². The highest BCUT2D eigenvalue weighted by Crippen LogP contribution is 2.19. The number of ether oxygens (including phenoxy) is 1. The van der Waals surface area contributed by atoms with Crippen LogP contribution in [0.2, 0.25) is 0 Å². The summed E-state index contributed by atoms with van der Waals surface area (Å²) in [4.78, 5) is 20.0. The maximum absolute atomic E-state index is 5.19. The molecular weight excluding hydrogens is 352 g/mol. The van der Waals surface area contributed by atoms with Gasteiger partial charge in [0, 0.05) is 61.6 Å². The lowest BCUT2D eigenvalue weighted by Gasteiger charge is -2.33. The van der Waals surface area contributed by atoms with E-state index in [0.717, 1.165) is 61.1 Å². The van der Waals surface area contributed by atoms with Gasteiger partial charge in [-0.2, -0.15) is 0 Å². The number of hydrogen-bond acceptors (Lipinski definition) is 7. The van der Waals surface area contributed by atoms with Crippen LogP contribution >= 0.6 is 0 Å². The molecule has 0 radical (unpaired) electrons. The van der Waals surface area contributed by atoms with Gasteiger partial charge in [0.05, 0.1) is 7.11 Å². The fraction of sp³-hybridized carbons (Fsp3) is 0.333. The second-order valence-corrected chi connectivity index (χ2v) is 6.86. The van der Waals surface area contributed by atoms with Crippen LogP contribution in [0.25, 0.3) is 11.4 Å². The van der Waals surface area contributed by atoms with Crippen molar-refractivity contribution in [1.29, 1.82) is 0 Å². The topological polar surface area (TPSA) is 76.1 Å². The standard InChI is InChI=1S/C21H24N6O/c1-28-19-7-5-17(6-8-19)20-25-13-16(14-26-20)12-24-18-4-2-11-27(15-18)21-22-9-3-10-23-21/h3,5-10,13-14,18,24H,2,4,11-12,15H2,1H3. The van der Waals surface area contributed by atoms with Crippen LogP contribution in [-0.4, -0.2) is 46.2 Å². The number of rotatable bonds is 6. The number of nitrogens with zero attached hydrogens (tertiary/aromatic N) is 5. The Kier molecular flexibility index (Phi) is 5.72. The molecule has 1 saturated heterocycles. The first-order chi connectivity index (χ1) is 13.8. The lowest BCUT2D eigenvalue weighted by molar-refractivity contribution is 0.415. The zero-order chi connectivity index (χ0) is 19.2.